The average molecular weight is 622 g/mol. The van der Waals surface area contributed by atoms with E-state index < -0.39 is 28.5 Å². The molecule has 0 unspecified atom stereocenters. The van der Waals surface area contributed by atoms with E-state index in [-0.39, 0.29) is 29.1 Å². The van der Waals surface area contributed by atoms with Gasteiger partial charge in [0.15, 0.2) is 11.5 Å². The van der Waals surface area contributed by atoms with E-state index in [0.29, 0.717) is 17.9 Å². The minimum absolute atomic E-state index is 0.0530. The third-order valence-electron chi connectivity index (χ3n) is 8.00. The summed E-state index contributed by atoms with van der Waals surface area (Å²) >= 11 is 0. The Bertz CT molecular complexity index is 1530. The van der Waals surface area contributed by atoms with Crippen LogP contribution in [0.4, 0.5) is 5.69 Å². The Morgan fingerprint density at radius 2 is 1.55 bits per heavy atom. The Hall–Kier alpha value is -4.05. The van der Waals surface area contributed by atoms with Crippen LogP contribution in [-0.4, -0.2) is 58.0 Å². The minimum atomic E-state index is -4.27. The smallest absolute Gasteiger partial charge is 0.264 e. The number of nitrogens with one attached hydrogen (secondary N) is 1. The second-order valence-corrected chi connectivity index (χ2v) is 13.2. The first-order valence-electron chi connectivity index (χ1n) is 15.0. The molecule has 9 nitrogen and oxygen atoms in total. The van der Waals surface area contributed by atoms with Crippen LogP contribution in [0, 0.1) is 13.8 Å². The van der Waals surface area contributed by atoms with Crippen molar-refractivity contribution in [2.45, 2.75) is 76.4 Å². The molecule has 236 valence electrons. The van der Waals surface area contributed by atoms with E-state index in [4.69, 9.17) is 9.47 Å². The number of carbonyl (C=O) groups excluding carboxylic acids is 2. The van der Waals surface area contributed by atoms with Gasteiger partial charge in [-0.1, -0.05) is 56.2 Å². The number of rotatable bonds is 13. The van der Waals surface area contributed by atoms with Crippen molar-refractivity contribution >= 4 is 27.5 Å². The van der Waals surface area contributed by atoms with Crippen LogP contribution in [0.2, 0.25) is 0 Å². The first kappa shape index (κ1) is 32.9. The highest BCUT2D eigenvalue weighted by molar-refractivity contribution is 7.92. The summed E-state index contributed by atoms with van der Waals surface area (Å²) in [7, 11) is -1.36. The Kier molecular flexibility index (Phi) is 10.9. The lowest BCUT2D eigenvalue weighted by Gasteiger charge is -2.34. The number of methoxy groups -OCH3 is 2. The molecule has 1 saturated carbocycles. The van der Waals surface area contributed by atoms with Gasteiger partial charge in [0.05, 0.1) is 24.8 Å². The summed E-state index contributed by atoms with van der Waals surface area (Å²) in [5.41, 5.74) is 2.90. The van der Waals surface area contributed by atoms with E-state index in [1.807, 2.05) is 57.2 Å². The highest BCUT2D eigenvalue weighted by atomic mass is 32.2. The van der Waals surface area contributed by atoms with Gasteiger partial charge in [-0.3, -0.25) is 13.9 Å². The van der Waals surface area contributed by atoms with Gasteiger partial charge in [0.2, 0.25) is 11.8 Å². The van der Waals surface area contributed by atoms with E-state index in [2.05, 4.69) is 5.32 Å². The Balaban J connectivity index is 1.76. The van der Waals surface area contributed by atoms with Gasteiger partial charge >= 0.3 is 0 Å². The molecule has 1 N–H and O–H groups in total. The number of aryl methyl sites for hydroxylation is 2. The van der Waals surface area contributed by atoms with Gasteiger partial charge in [0, 0.05) is 18.7 Å². The molecular weight excluding hydrogens is 578 g/mol. The monoisotopic (exact) mass is 621 g/mol. The summed E-state index contributed by atoms with van der Waals surface area (Å²) in [4.78, 5) is 29.4. The molecule has 3 aromatic rings. The Morgan fingerprint density at radius 3 is 2.14 bits per heavy atom. The molecule has 0 bridgehead atoms. The first-order valence-corrected chi connectivity index (χ1v) is 16.5. The summed E-state index contributed by atoms with van der Waals surface area (Å²) in [6.45, 7) is 5.28. The molecule has 0 radical (unpaired) electrons. The zero-order valence-corrected chi connectivity index (χ0v) is 27.0. The first-order chi connectivity index (χ1) is 21.1. The number of sulfonamides is 1. The van der Waals surface area contributed by atoms with Gasteiger partial charge < -0.3 is 19.7 Å². The van der Waals surface area contributed by atoms with Gasteiger partial charge in [-0.05, 0) is 74.1 Å². The van der Waals surface area contributed by atoms with Crippen molar-refractivity contribution in [1.29, 1.82) is 0 Å². The molecule has 2 amide bonds. The highest BCUT2D eigenvalue weighted by Gasteiger charge is 2.35. The van der Waals surface area contributed by atoms with Crippen molar-refractivity contribution in [3.05, 3.63) is 83.4 Å². The van der Waals surface area contributed by atoms with E-state index in [9.17, 15) is 18.0 Å². The predicted molar refractivity (Wildman–Crippen MR) is 171 cm³/mol. The number of anilines is 1. The SMILES string of the molecule is CC[C@H](C(=O)NC1CCCC1)N(Cc1ccccc1)C(=O)CN(c1cc(C)cc(C)c1)S(=O)(=O)c1ccc(OC)c(OC)c1. The maximum Gasteiger partial charge on any atom is 0.264 e. The largest absolute Gasteiger partial charge is 0.493 e. The lowest BCUT2D eigenvalue weighted by atomic mass is 10.1. The van der Waals surface area contributed by atoms with Gasteiger partial charge in [0.1, 0.15) is 12.6 Å². The fourth-order valence-electron chi connectivity index (χ4n) is 5.79. The summed E-state index contributed by atoms with van der Waals surface area (Å²) in [6.07, 6.45) is 4.33. The molecule has 1 atom stereocenters. The number of ether oxygens (including phenoxy) is 2. The second-order valence-electron chi connectivity index (χ2n) is 11.3. The second kappa shape index (κ2) is 14.6. The van der Waals surface area contributed by atoms with E-state index in [1.165, 1.54) is 37.3 Å². The number of benzene rings is 3. The van der Waals surface area contributed by atoms with Crippen LogP contribution in [0.1, 0.15) is 55.7 Å². The van der Waals surface area contributed by atoms with Crippen LogP contribution < -0.4 is 19.1 Å². The van der Waals surface area contributed by atoms with Gasteiger partial charge in [-0.15, -0.1) is 0 Å². The third-order valence-corrected chi connectivity index (χ3v) is 9.77. The number of hydrogen-bond acceptors (Lipinski definition) is 6. The molecule has 0 aliphatic heterocycles. The standard InChI is InChI=1S/C34H43N3O6S/c1-6-30(34(39)35-27-14-10-11-15-27)36(22-26-12-8-7-9-13-26)33(38)23-37(28-19-24(2)18-25(3)20-28)44(40,41)29-16-17-31(42-4)32(21-29)43-5/h7-9,12-13,16-21,27,30H,6,10-11,14-15,22-23H2,1-5H3,(H,35,39)/t30-/m1/s1. The number of amides is 2. The lowest BCUT2D eigenvalue weighted by Crippen LogP contribution is -2.53. The number of hydrogen-bond donors (Lipinski definition) is 1. The van der Waals surface area contributed by atoms with Gasteiger partial charge in [-0.25, -0.2) is 8.42 Å². The fourth-order valence-corrected chi connectivity index (χ4v) is 7.21. The topological polar surface area (TPSA) is 105 Å². The van der Waals surface area contributed by atoms with Crippen LogP contribution in [-0.2, 0) is 26.2 Å². The maximum absolute atomic E-state index is 14.3. The summed E-state index contributed by atoms with van der Waals surface area (Å²) in [6, 6.07) is 18.5. The van der Waals surface area contributed by atoms with Crippen molar-refractivity contribution < 1.29 is 27.5 Å². The quantitative estimate of drug-likeness (QED) is 0.275. The van der Waals surface area contributed by atoms with Crippen molar-refractivity contribution in [3.63, 3.8) is 0 Å². The van der Waals surface area contributed by atoms with E-state index in [0.717, 1.165) is 46.7 Å². The zero-order valence-electron chi connectivity index (χ0n) is 26.2. The number of carbonyl (C=O) groups is 2. The van der Waals surface area contributed by atoms with E-state index >= 15 is 0 Å². The normalized spacial score (nSPS) is 14.1. The third kappa shape index (κ3) is 7.72. The molecule has 3 aromatic carbocycles. The molecule has 0 spiro atoms. The Morgan fingerprint density at radius 1 is 0.909 bits per heavy atom. The molecule has 1 aliphatic carbocycles. The molecule has 0 saturated heterocycles. The average Bonchev–Trinajstić information content (AvgIpc) is 3.52. The summed E-state index contributed by atoms with van der Waals surface area (Å²) in [5, 5.41) is 3.14. The van der Waals surface area contributed by atoms with Crippen LogP contribution in [0.5, 0.6) is 11.5 Å². The van der Waals surface area contributed by atoms with Crippen LogP contribution in [0.3, 0.4) is 0 Å². The molecule has 0 aromatic heterocycles. The van der Waals surface area contributed by atoms with Gasteiger partial charge in [0.25, 0.3) is 10.0 Å². The molecule has 0 heterocycles. The van der Waals surface area contributed by atoms with Crippen molar-refractivity contribution in [2.75, 3.05) is 25.1 Å². The lowest BCUT2D eigenvalue weighted by molar-refractivity contribution is -0.140. The van der Waals surface area contributed by atoms with Crippen LogP contribution in [0.15, 0.2) is 71.6 Å². The summed E-state index contributed by atoms with van der Waals surface area (Å²) < 4.78 is 40.5. The van der Waals surface area contributed by atoms with E-state index in [1.54, 1.807) is 12.1 Å². The Labute approximate surface area is 261 Å². The highest BCUT2D eigenvalue weighted by Crippen LogP contribution is 2.33. The predicted octanol–water partition coefficient (Wildman–Crippen LogP) is 5.38. The molecular formula is C34H43N3O6S. The minimum Gasteiger partial charge on any atom is -0.493 e. The van der Waals surface area contributed by atoms with Crippen molar-refractivity contribution in [3.8, 4) is 11.5 Å². The van der Waals surface area contributed by atoms with Crippen molar-refractivity contribution in [1.82, 2.24) is 10.2 Å². The summed E-state index contributed by atoms with van der Waals surface area (Å²) in [5.74, 6) is -0.0657. The van der Waals surface area contributed by atoms with Crippen LogP contribution in [0.25, 0.3) is 0 Å². The fraction of sp³-hybridized carbons (Fsp3) is 0.412. The molecule has 4 rings (SSSR count). The zero-order chi connectivity index (χ0) is 31.9. The molecule has 1 fully saturated rings. The molecule has 44 heavy (non-hydrogen) atoms. The molecule has 10 heteroatoms. The maximum atomic E-state index is 14.3. The van der Waals surface area contributed by atoms with Gasteiger partial charge in [-0.2, -0.15) is 0 Å². The van der Waals surface area contributed by atoms with Crippen LogP contribution >= 0.6 is 0 Å². The molecule has 1 aliphatic rings. The number of nitrogens with zero attached hydrogens (tertiary/aromatic N) is 2. The van der Waals surface area contributed by atoms with Crippen molar-refractivity contribution in [2.24, 2.45) is 0 Å².